The molecule has 12 nitrogen and oxygen atoms in total. The first-order chi connectivity index (χ1) is 38.9. The molecule has 0 bridgehead atoms. The smallest absolute Gasteiger partial charge is 0.251 e. The molecule has 0 saturated heterocycles. The molecule has 0 aromatic heterocycles. The molecule has 6 N–H and O–H groups in total. The summed E-state index contributed by atoms with van der Waals surface area (Å²) in [4.78, 5) is 42.0. The van der Waals surface area contributed by atoms with E-state index < -0.39 is 0 Å². The van der Waals surface area contributed by atoms with Gasteiger partial charge in [-0.25, -0.2) is 9.98 Å². The van der Waals surface area contributed by atoms with Crippen LogP contribution in [0.4, 0.5) is 34.1 Å². The SMILES string of the molecule is CC1=CC2=Nc3cc(C)c(NCCCCCCNC(=O)c4ccc(-c5ccc(C(=O)NCCCCCCNc6cc7[nH]c8c/c(=[N+](/C)c9ccccc9)c(C)cc-8nc7cc6C)cc5)cc4)cc3NC2=CC1N(C)c1ccccc1. The summed E-state index contributed by atoms with van der Waals surface area (Å²) < 4.78 is 2.21. The molecule has 80 heavy (non-hydrogen) atoms. The van der Waals surface area contributed by atoms with Crippen molar-refractivity contribution in [2.75, 3.05) is 61.1 Å². The van der Waals surface area contributed by atoms with Gasteiger partial charge in [0.2, 0.25) is 11.0 Å². The molecule has 0 spiro atoms. The van der Waals surface area contributed by atoms with Crippen molar-refractivity contribution in [2.45, 2.75) is 85.1 Å². The summed E-state index contributed by atoms with van der Waals surface area (Å²) in [5.74, 6) is -0.134. The average Bonchev–Trinajstić information content (AvgIpc) is 3.48. The molecule has 2 aliphatic heterocycles. The second-order valence-corrected chi connectivity index (χ2v) is 21.5. The van der Waals surface area contributed by atoms with Crippen molar-refractivity contribution >= 4 is 62.7 Å². The van der Waals surface area contributed by atoms with Gasteiger partial charge in [0.15, 0.2) is 0 Å². The number of rotatable bonds is 22. The third kappa shape index (κ3) is 13.0. The van der Waals surface area contributed by atoms with Crippen LogP contribution in [0, 0.1) is 20.8 Å². The molecule has 0 radical (unpaired) electrons. The maximum Gasteiger partial charge on any atom is 0.251 e. The molecular weight excluding hydrogens is 989 g/mol. The molecule has 4 aliphatic rings. The summed E-state index contributed by atoms with van der Waals surface area (Å²) in [6, 6.07) is 49.4. The normalized spacial score (nSPS) is 14.0. The maximum absolute atomic E-state index is 13.0. The van der Waals surface area contributed by atoms with Gasteiger partial charge in [0.25, 0.3) is 11.8 Å². The molecule has 408 valence electrons. The lowest BCUT2D eigenvalue weighted by Gasteiger charge is -2.33. The fourth-order valence-electron chi connectivity index (χ4n) is 10.8. The third-order valence-electron chi connectivity index (χ3n) is 15.6. The van der Waals surface area contributed by atoms with E-state index in [0.717, 1.165) is 143 Å². The third-order valence-corrected chi connectivity index (χ3v) is 15.6. The van der Waals surface area contributed by atoms with Crippen LogP contribution in [0.25, 0.3) is 33.5 Å². The lowest BCUT2D eigenvalue weighted by atomic mass is 9.95. The number of hydrogen-bond donors (Lipinski definition) is 6. The quantitative estimate of drug-likeness (QED) is 0.0225. The highest BCUT2D eigenvalue weighted by Crippen LogP contribution is 2.38. The number of nitrogens with one attached hydrogen (secondary N) is 6. The summed E-state index contributed by atoms with van der Waals surface area (Å²) in [5, 5.41) is 18.3. The van der Waals surface area contributed by atoms with E-state index in [4.69, 9.17) is 9.98 Å². The number of fused-ring (bicyclic) bond motifs is 4. The van der Waals surface area contributed by atoms with E-state index in [2.05, 4.69) is 180 Å². The Labute approximate surface area is 471 Å². The van der Waals surface area contributed by atoms with Crippen molar-refractivity contribution in [1.82, 2.24) is 25.2 Å². The van der Waals surface area contributed by atoms with E-state index in [0.29, 0.717) is 24.2 Å². The van der Waals surface area contributed by atoms with E-state index in [-0.39, 0.29) is 17.9 Å². The van der Waals surface area contributed by atoms with Crippen LogP contribution >= 0.6 is 0 Å². The second kappa shape index (κ2) is 25.4. The molecule has 2 heterocycles. The van der Waals surface area contributed by atoms with Gasteiger partial charge in [-0.1, -0.05) is 86.3 Å². The molecule has 6 aromatic rings. The Morgan fingerprint density at radius 1 is 0.613 bits per heavy atom. The Bertz CT molecular complexity index is 3640. The lowest BCUT2D eigenvalue weighted by molar-refractivity contribution is 0.0944. The standard InChI is InChI=1S/C68H74N10O2/c1-45-37-57-61(75-63-43-65(47(3)39-59(63)73-57)77(5)53-21-13-11-14-22-53)41-55(45)69-33-17-7-9-19-35-71-67(79)51-29-25-49(26-30-51)50-27-31-52(32-28-50)68(80)72-36-20-10-8-18-34-70-56-42-62-58(38-46(56)2)74-60-40-48(4)66(44-64(60)76-62)78(6)54-23-15-12-16-24-54/h11-16,21-32,37-44,65,69,75H,7-10,17-20,33-36H2,1-6H3,(H3,70,71,72,76,79,80)/p+1. The first kappa shape index (κ1) is 54.6. The zero-order valence-electron chi connectivity index (χ0n) is 47.2. The van der Waals surface area contributed by atoms with Crippen molar-refractivity contribution in [3.8, 4) is 22.5 Å². The van der Waals surface area contributed by atoms with Crippen LogP contribution in [0.3, 0.4) is 0 Å². The van der Waals surface area contributed by atoms with Gasteiger partial charge in [0.1, 0.15) is 7.05 Å². The molecule has 0 fully saturated rings. The summed E-state index contributed by atoms with van der Waals surface area (Å²) in [5.41, 5.74) is 20.5. The van der Waals surface area contributed by atoms with Crippen molar-refractivity contribution in [2.24, 2.45) is 4.99 Å². The van der Waals surface area contributed by atoms with Crippen molar-refractivity contribution in [3.05, 3.63) is 202 Å². The predicted octanol–water partition coefficient (Wildman–Crippen LogP) is 13.6. The number of benzene rings is 7. The van der Waals surface area contributed by atoms with Gasteiger partial charge in [-0.2, -0.15) is 4.58 Å². The van der Waals surface area contributed by atoms with Gasteiger partial charge in [0.05, 0.1) is 51.2 Å². The van der Waals surface area contributed by atoms with Crippen LogP contribution < -0.4 is 41.4 Å². The van der Waals surface area contributed by atoms with Crippen molar-refractivity contribution < 1.29 is 9.59 Å². The second-order valence-electron chi connectivity index (χ2n) is 21.5. The van der Waals surface area contributed by atoms with E-state index >= 15 is 0 Å². The average molecular weight is 1060 g/mol. The minimum Gasteiger partial charge on any atom is -0.385 e. The number of para-hydroxylation sites is 2. The number of aliphatic imine (C=N–C) groups is 1. The summed E-state index contributed by atoms with van der Waals surface area (Å²) in [6.07, 6.45) is 12.6. The lowest BCUT2D eigenvalue weighted by Crippen LogP contribution is -2.35. The monoisotopic (exact) mass is 1060 g/mol. The van der Waals surface area contributed by atoms with E-state index in [1.54, 1.807) is 0 Å². The van der Waals surface area contributed by atoms with Crippen LogP contribution in [0.15, 0.2) is 174 Å². The number of aromatic nitrogens is 2. The molecule has 2 amide bonds. The maximum atomic E-state index is 13.0. The van der Waals surface area contributed by atoms with E-state index in [9.17, 15) is 9.59 Å². The summed E-state index contributed by atoms with van der Waals surface area (Å²) in [6.45, 7) is 11.6. The number of amides is 2. The van der Waals surface area contributed by atoms with Crippen LogP contribution in [0.5, 0.6) is 0 Å². The Balaban J connectivity index is 0.595. The van der Waals surface area contributed by atoms with Gasteiger partial charge in [-0.05, 0) is 160 Å². The number of carbonyl (C=O) groups excluding carboxylic acids is 2. The first-order valence-electron chi connectivity index (χ1n) is 28.5. The fraction of sp³-hybridized carbons (Fsp3) is 0.279. The van der Waals surface area contributed by atoms with Crippen LogP contribution in [-0.2, 0) is 0 Å². The predicted molar refractivity (Wildman–Crippen MR) is 332 cm³/mol. The number of anilines is 4. The van der Waals surface area contributed by atoms with Gasteiger partial charge >= 0.3 is 0 Å². The topological polar surface area (TPSA) is 142 Å². The van der Waals surface area contributed by atoms with Gasteiger partial charge in [0, 0.05) is 85.2 Å². The highest BCUT2D eigenvalue weighted by molar-refractivity contribution is 6.15. The van der Waals surface area contributed by atoms with Crippen LogP contribution in [-0.4, -0.2) is 73.8 Å². The molecular formula is C68H75N10O2+. The molecule has 0 saturated carbocycles. The molecule has 2 aliphatic carbocycles. The minimum atomic E-state index is -0.0674. The summed E-state index contributed by atoms with van der Waals surface area (Å²) in [7, 11) is 4.24. The molecule has 10 rings (SSSR count). The van der Waals surface area contributed by atoms with Crippen LogP contribution in [0.1, 0.15) is 95.7 Å². The number of aryl methyl sites for hydroxylation is 3. The zero-order chi connectivity index (χ0) is 55.5. The minimum absolute atomic E-state index is 0.0666. The molecule has 1 unspecified atom stereocenters. The number of unbranched alkanes of at least 4 members (excludes halogenated alkanes) is 6. The highest BCUT2D eigenvalue weighted by Gasteiger charge is 2.26. The molecule has 12 heteroatoms. The highest BCUT2D eigenvalue weighted by atomic mass is 16.2. The van der Waals surface area contributed by atoms with Gasteiger partial charge < -0.3 is 36.5 Å². The van der Waals surface area contributed by atoms with Crippen molar-refractivity contribution in [1.29, 1.82) is 0 Å². The zero-order valence-corrected chi connectivity index (χ0v) is 47.2. The largest absolute Gasteiger partial charge is 0.385 e. The Morgan fingerprint density at radius 2 is 1.18 bits per heavy atom. The number of likely N-dealkylation sites (N-methyl/N-ethyl adjacent to an activating group) is 1. The number of hydrogen-bond acceptors (Lipinski definition) is 8. The molecule has 1 atom stereocenters. The van der Waals surface area contributed by atoms with E-state index in [1.807, 2.05) is 60.7 Å². The number of nitrogens with zero attached hydrogens (tertiary/aromatic N) is 4. The van der Waals surface area contributed by atoms with E-state index in [1.165, 1.54) is 28.0 Å². The first-order valence-corrected chi connectivity index (χ1v) is 28.5. The van der Waals surface area contributed by atoms with Crippen molar-refractivity contribution in [3.63, 3.8) is 0 Å². The Kier molecular flexibility index (Phi) is 17.3. The Hall–Kier alpha value is -8.77. The summed E-state index contributed by atoms with van der Waals surface area (Å²) >= 11 is 0. The number of H-pyrrole nitrogens is 1. The van der Waals surface area contributed by atoms with Gasteiger partial charge in [-0.15, -0.1) is 0 Å². The number of carbonyl (C=O) groups is 2. The number of allylic oxidation sites excluding steroid dienone is 1. The molecule has 6 aromatic carbocycles. The number of aromatic amines is 1. The van der Waals surface area contributed by atoms with Crippen LogP contribution in [0.2, 0.25) is 0 Å². The fourth-order valence-corrected chi connectivity index (χ4v) is 10.8. The van der Waals surface area contributed by atoms with Gasteiger partial charge in [-0.3, -0.25) is 9.59 Å². The Morgan fingerprint density at radius 3 is 1.79 bits per heavy atom.